The van der Waals surface area contributed by atoms with Gasteiger partial charge >= 0.3 is 18.0 Å². The van der Waals surface area contributed by atoms with Gasteiger partial charge in [0.15, 0.2) is 0 Å². The van der Waals surface area contributed by atoms with Crippen LogP contribution in [0.4, 0.5) is 13.6 Å². The molecule has 2 aliphatic rings. The molecule has 2 aliphatic carbocycles. The zero-order valence-electron chi connectivity index (χ0n) is 17.9. The Morgan fingerprint density at radius 3 is 2.09 bits per heavy atom. The first-order valence-electron chi connectivity index (χ1n) is 10.7. The predicted octanol–water partition coefficient (Wildman–Crippen LogP) is 3.53. The molecule has 33 heavy (non-hydrogen) atoms. The molecule has 174 valence electrons. The van der Waals surface area contributed by atoms with Crippen LogP contribution in [-0.2, 0) is 14.3 Å². The number of carbonyl (C=O) groups excluding carboxylic acids is 2. The fraction of sp³-hybridized carbons (Fsp3) is 0.375. The van der Waals surface area contributed by atoms with Crippen LogP contribution in [0.15, 0.2) is 48.5 Å². The molecule has 1 saturated carbocycles. The number of fused-ring (bicyclic) bond motifs is 3. The quantitative estimate of drug-likeness (QED) is 0.561. The summed E-state index contributed by atoms with van der Waals surface area (Å²) in [5.74, 6) is -7.74. The van der Waals surface area contributed by atoms with E-state index in [-0.39, 0.29) is 18.4 Å². The second-order valence-corrected chi connectivity index (χ2v) is 8.62. The van der Waals surface area contributed by atoms with Crippen molar-refractivity contribution < 1.29 is 33.0 Å². The molecule has 0 radical (unpaired) electrons. The first kappa shape index (κ1) is 22.7. The zero-order valence-corrected chi connectivity index (χ0v) is 17.9. The van der Waals surface area contributed by atoms with Gasteiger partial charge in [-0.1, -0.05) is 48.5 Å². The Labute approximate surface area is 189 Å². The molecule has 1 fully saturated rings. The first-order valence-corrected chi connectivity index (χ1v) is 10.7. The molecular weight excluding hydrogens is 434 g/mol. The summed E-state index contributed by atoms with van der Waals surface area (Å²) in [6, 6.07) is 15.7. The third-order valence-electron chi connectivity index (χ3n) is 6.35. The van der Waals surface area contributed by atoms with Gasteiger partial charge < -0.3 is 20.5 Å². The van der Waals surface area contributed by atoms with Crippen molar-refractivity contribution >= 4 is 18.0 Å². The fourth-order valence-corrected chi connectivity index (χ4v) is 4.30. The molecule has 0 spiro atoms. The third-order valence-corrected chi connectivity index (χ3v) is 6.35. The van der Waals surface area contributed by atoms with Crippen LogP contribution in [0, 0.1) is 5.92 Å². The second-order valence-electron chi connectivity index (χ2n) is 8.62. The highest BCUT2D eigenvalue weighted by Crippen LogP contribution is 2.44. The molecule has 0 bridgehead atoms. The predicted molar refractivity (Wildman–Crippen MR) is 115 cm³/mol. The molecule has 0 aromatic heterocycles. The maximum Gasteiger partial charge on any atom is 0.408 e. The lowest BCUT2D eigenvalue weighted by Gasteiger charge is -2.30. The Kier molecular flexibility index (Phi) is 5.82. The summed E-state index contributed by atoms with van der Waals surface area (Å²) in [4.78, 5) is 35.9. The van der Waals surface area contributed by atoms with E-state index < -0.39 is 36.0 Å². The number of rotatable bonds is 8. The molecule has 2 aromatic carbocycles. The summed E-state index contributed by atoms with van der Waals surface area (Å²) < 4.78 is 32.2. The fourth-order valence-electron chi connectivity index (χ4n) is 4.30. The minimum absolute atomic E-state index is 0.0410. The van der Waals surface area contributed by atoms with Gasteiger partial charge in [-0.05, 0) is 47.9 Å². The molecule has 0 saturated heterocycles. The van der Waals surface area contributed by atoms with Crippen molar-refractivity contribution in [2.24, 2.45) is 5.92 Å². The molecule has 3 N–H and O–H groups in total. The minimum Gasteiger partial charge on any atom is -0.477 e. The van der Waals surface area contributed by atoms with Crippen molar-refractivity contribution in [1.29, 1.82) is 0 Å². The number of carboxylic acid groups (broad SMARTS) is 1. The van der Waals surface area contributed by atoms with Gasteiger partial charge in [0.25, 0.3) is 0 Å². The number of benzene rings is 2. The van der Waals surface area contributed by atoms with E-state index in [9.17, 15) is 23.2 Å². The van der Waals surface area contributed by atoms with Crippen LogP contribution in [0.5, 0.6) is 0 Å². The number of alkyl halides is 2. The van der Waals surface area contributed by atoms with Crippen LogP contribution < -0.4 is 10.6 Å². The molecule has 1 unspecified atom stereocenters. The van der Waals surface area contributed by atoms with Gasteiger partial charge in [0.2, 0.25) is 5.91 Å². The average molecular weight is 458 g/mol. The van der Waals surface area contributed by atoms with Gasteiger partial charge in [0.05, 0.1) is 6.54 Å². The number of hydrogen-bond acceptors (Lipinski definition) is 4. The van der Waals surface area contributed by atoms with Crippen LogP contribution in [0.3, 0.4) is 0 Å². The van der Waals surface area contributed by atoms with E-state index in [0.29, 0.717) is 12.8 Å². The number of hydrogen-bond donors (Lipinski definition) is 3. The molecule has 2 aromatic rings. The van der Waals surface area contributed by atoms with Gasteiger partial charge in [-0.3, -0.25) is 4.79 Å². The molecule has 0 heterocycles. The van der Waals surface area contributed by atoms with Crippen LogP contribution >= 0.6 is 0 Å². The lowest BCUT2D eigenvalue weighted by atomic mass is 9.94. The summed E-state index contributed by atoms with van der Waals surface area (Å²) in [6.45, 7) is 0.107. The maximum atomic E-state index is 13.4. The molecule has 4 rings (SSSR count). The van der Waals surface area contributed by atoms with E-state index in [4.69, 9.17) is 9.84 Å². The van der Waals surface area contributed by atoms with Gasteiger partial charge in [-0.2, -0.15) is 8.78 Å². The first-order chi connectivity index (χ1) is 15.6. The Morgan fingerprint density at radius 1 is 1.03 bits per heavy atom. The smallest absolute Gasteiger partial charge is 0.408 e. The maximum absolute atomic E-state index is 13.4. The molecular formula is C24H24F2N2O5. The number of nitrogens with one attached hydrogen (secondary N) is 2. The van der Waals surface area contributed by atoms with Crippen LogP contribution in [0.25, 0.3) is 11.1 Å². The summed E-state index contributed by atoms with van der Waals surface area (Å²) in [6.07, 6.45) is 0.414. The van der Waals surface area contributed by atoms with E-state index >= 15 is 0 Å². The standard InChI is InChI=1S/C24H24F2N2O5/c1-23(14-10-11-14,20(29)27-13-24(25,26)21(30)31)28-22(32)33-12-19-17-8-4-2-6-15(17)16-7-3-5-9-18(16)19/h2-9,14,19H,10-13H2,1H3,(H,27,29)(H,28,32)(H,30,31). The SMILES string of the molecule is CC(NC(=O)OCC1c2ccccc2-c2ccccc21)(C(=O)NCC(F)(F)C(=O)O)C1CC1. The van der Waals surface area contributed by atoms with E-state index in [1.807, 2.05) is 53.8 Å². The van der Waals surface area contributed by atoms with Crippen molar-refractivity contribution in [2.75, 3.05) is 13.2 Å². The van der Waals surface area contributed by atoms with Crippen molar-refractivity contribution in [3.63, 3.8) is 0 Å². The lowest BCUT2D eigenvalue weighted by molar-refractivity contribution is -0.164. The van der Waals surface area contributed by atoms with Crippen LogP contribution in [0.1, 0.15) is 36.8 Å². The lowest BCUT2D eigenvalue weighted by Crippen LogP contribution is -2.60. The number of carboxylic acids is 1. The topological polar surface area (TPSA) is 105 Å². The summed E-state index contributed by atoms with van der Waals surface area (Å²) in [7, 11) is 0. The van der Waals surface area contributed by atoms with E-state index in [1.54, 1.807) is 0 Å². The molecule has 9 heteroatoms. The minimum atomic E-state index is -4.11. The molecule has 2 amide bonds. The third kappa shape index (κ3) is 4.40. The van der Waals surface area contributed by atoms with Crippen molar-refractivity contribution in [3.8, 4) is 11.1 Å². The van der Waals surface area contributed by atoms with Gasteiger partial charge in [0, 0.05) is 5.92 Å². The van der Waals surface area contributed by atoms with Crippen molar-refractivity contribution in [2.45, 2.75) is 37.1 Å². The average Bonchev–Trinajstić information content (AvgIpc) is 3.60. The zero-order chi connectivity index (χ0) is 23.8. The molecule has 1 atom stereocenters. The molecule has 0 aliphatic heterocycles. The number of amides is 2. The Morgan fingerprint density at radius 2 is 1.58 bits per heavy atom. The van der Waals surface area contributed by atoms with E-state index in [1.165, 1.54) is 6.92 Å². The molecule has 7 nitrogen and oxygen atoms in total. The normalized spacial score (nSPS) is 16.8. The second kappa shape index (κ2) is 8.46. The van der Waals surface area contributed by atoms with E-state index in [0.717, 1.165) is 22.3 Å². The van der Waals surface area contributed by atoms with Crippen LogP contribution in [0.2, 0.25) is 0 Å². The summed E-state index contributed by atoms with van der Waals surface area (Å²) in [5.41, 5.74) is 2.72. The number of alkyl carbamates (subject to hydrolysis) is 1. The van der Waals surface area contributed by atoms with Crippen molar-refractivity contribution in [3.05, 3.63) is 59.7 Å². The highest BCUT2D eigenvalue weighted by Gasteiger charge is 2.50. The van der Waals surface area contributed by atoms with E-state index in [2.05, 4.69) is 5.32 Å². The highest BCUT2D eigenvalue weighted by molar-refractivity contribution is 5.91. The van der Waals surface area contributed by atoms with Gasteiger partial charge in [0.1, 0.15) is 12.1 Å². The van der Waals surface area contributed by atoms with Crippen molar-refractivity contribution in [1.82, 2.24) is 10.6 Å². The van der Waals surface area contributed by atoms with Crippen LogP contribution in [-0.4, -0.2) is 47.7 Å². The highest BCUT2D eigenvalue weighted by atomic mass is 19.3. The Balaban J connectivity index is 1.42. The largest absolute Gasteiger partial charge is 0.477 e. The monoisotopic (exact) mass is 458 g/mol. The number of aliphatic carboxylic acids is 1. The van der Waals surface area contributed by atoms with Gasteiger partial charge in [-0.15, -0.1) is 0 Å². The van der Waals surface area contributed by atoms with Gasteiger partial charge in [-0.25, -0.2) is 9.59 Å². The number of ether oxygens (including phenoxy) is 1. The summed E-state index contributed by atoms with van der Waals surface area (Å²) in [5, 5.41) is 13.0. The summed E-state index contributed by atoms with van der Waals surface area (Å²) >= 11 is 0. The Bertz CT molecular complexity index is 1060. The number of halogens is 2. The number of carbonyl (C=O) groups is 3. The Hall–Kier alpha value is -3.49.